The number of hydrogen-bond acceptors (Lipinski definition) is 6. The van der Waals surface area contributed by atoms with Gasteiger partial charge in [0.15, 0.2) is 9.84 Å². The molecule has 154 valence electrons. The molecule has 1 aromatic rings. The Morgan fingerprint density at radius 2 is 1.86 bits per heavy atom. The van der Waals surface area contributed by atoms with Crippen molar-refractivity contribution in [2.75, 3.05) is 37.3 Å². The van der Waals surface area contributed by atoms with Gasteiger partial charge in [-0.2, -0.15) is 0 Å². The van der Waals surface area contributed by atoms with Gasteiger partial charge in [-0.05, 0) is 43.7 Å². The Labute approximate surface area is 165 Å². The molecule has 1 unspecified atom stereocenters. The molecule has 1 atom stereocenters. The summed E-state index contributed by atoms with van der Waals surface area (Å²) in [5, 5.41) is 11.6. The summed E-state index contributed by atoms with van der Waals surface area (Å²) in [5.74, 6) is 0.642. The molecule has 3 rings (SSSR count). The molecule has 0 radical (unpaired) electrons. The maximum absolute atomic E-state index is 12.8. The molecule has 2 aliphatic heterocycles. The van der Waals surface area contributed by atoms with Gasteiger partial charge in [0.2, 0.25) is 5.91 Å². The van der Waals surface area contributed by atoms with E-state index in [-0.39, 0.29) is 22.4 Å². The summed E-state index contributed by atoms with van der Waals surface area (Å²) >= 11 is 0. The SMILES string of the molecule is CC1CCCN(C(=O)C2CCN(c3cccc(S(C)(=O)=O)c3[N+](=O)[O-])CC2)C1. The Kier molecular flexibility index (Phi) is 5.92. The maximum atomic E-state index is 12.8. The molecule has 8 nitrogen and oxygen atoms in total. The van der Waals surface area contributed by atoms with Crippen molar-refractivity contribution in [1.29, 1.82) is 0 Å². The second-order valence-corrected chi connectivity index (χ2v) is 9.93. The van der Waals surface area contributed by atoms with Crippen LogP contribution in [0.15, 0.2) is 23.1 Å². The molecule has 0 aliphatic carbocycles. The van der Waals surface area contributed by atoms with Gasteiger partial charge in [-0.15, -0.1) is 0 Å². The third-order valence-corrected chi connectivity index (χ3v) is 6.84. The fraction of sp³-hybridized carbons (Fsp3) is 0.632. The molecule has 2 saturated heterocycles. The number of benzene rings is 1. The lowest BCUT2D eigenvalue weighted by Gasteiger charge is -2.37. The van der Waals surface area contributed by atoms with Gasteiger partial charge < -0.3 is 9.80 Å². The third-order valence-electron chi connectivity index (χ3n) is 5.71. The van der Waals surface area contributed by atoms with Gasteiger partial charge in [0.1, 0.15) is 10.6 Å². The Morgan fingerprint density at radius 1 is 1.18 bits per heavy atom. The van der Waals surface area contributed by atoms with Gasteiger partial charge >= 0.3 is 5.69 Å². The highest BCUT2D eigenvalue weighted by atomic mass is 32.2. The molecule has 0 aromatic heterocycles. The molecule has 0 saturated carbocycles. The number of anilines is 1. The topological polar surface area (TPSA) is 101 Å². The predicted octanol–water partition coefficient (Wildman–Crippen LogP) is 2.47. The van der Waals surface area contributed by atoms with Crippen LogP contribution in [0.25, 0.3) is 0 Å². The zero-order chi connectivity index (χ0) is 20.5. The number of nitro groups is 1. The number of amides is 1. The number of nitro benzene ring substituents is 1. The van der Waals surface area contributed by atoms with E-state index in [0.29, 0.717) is 37.5 Å². The molecule has 28 heavy (non-hydrogen) atoms. The van der Waals surface area contributed by atoms with Crippen LogP contribution in [0.3, 0.4) is 0 Å². The van der Waals surface area contributed by atoms with Gasteiger partial charge in [0.25, 0.3) is 0 Å². The van der Waals surface area contributed by atoms with Crippen LogP contribution in [0.4, 0.5) is 11.4 Å². The normalized spacial score (nSPS) is 21.6. The highest BCUT2D eigenvalue weighted by molar-refractivity contribution is 7.90. The van der Waals surface area contributed by atoms with E-state index in [4.69, 9.17) is 0 Å². The van der Waals surface area contributed by atoms with E-state index in [2.05, 4.69) is 6.92 Å². The standard InChI is InChI=1S/C19H27N3O5S/c1-14-5-4-10-21(13-14)19(23)15-8-11-20(12-9-15)16-6-3-7-17(28(2,26)27)18(16)22(24)25/h3,6-7,14-15H,4-5,8-13H2,1-2H3. The number of likely N-dealkylation sites (tertiary alicyclic amines) is 1. The summed E-state index contributed by atoms with van der Waals surface area (Å²) in [6.45, 7) is 4.77. The number of carbonyl (C=O) groups excluding carboxylic acids is 1. The van der Waals surface area contributed by atoms with E-state index in [1.165, 1.54) is 12.1 Å². The summed E-state index contributed by atoms with van der Waals surface area (Å²) in [5.41, 5.74) is -0.0648. The van der Waals surface area contributed by atoms with E-state index in [1.54, 1.807) is 6.07 Å². The van der Waals surface area contributed by atoms with Crippen LogP contribution in [0.5, 0.6) is 0 Å². The second-order valence-electron chi connectivity index (χ2n) is 7.95. The number of sulfone groups is 1. The molecule has 2 aliphatic rings. The van der Waals surface area contributed by atoms with Crippen LogP contribution >= 0.6 is 0 Å². The number of nitrogens with zero attached hydrogens (tertiary/aromatic N) is 3. The summed E-state index contributed by atoms with van der Waals surface area (Å²) in [6, 6.07) is 4.39. The molecular formula is C19H27N3O5S. The monoisotopic (exact) mass is 409 g/mol. The molecule has 1 aromatic carbocycles. The van der Waals surface area contributed by atoms with E-state index >= 15 is 0 Å². The van der Waals surface area contributed by atoms with Crippen molar-refractivity contribution in [2.45, 2.75) is 37.5 Å². The van der Waals surface area contributed by atoms with Crippen molar-refractivity contribution in [1.82, 2.24) is 4.90 Å². The first-order valence-electron chi connectivity index (χ1n) is 9.69. The minimum absolute atomic E-state index is 0.0707. The van der Waals surface area contributed by atoms with Gasteiger partial charge in [-0.1, -0.05) is 13.0 Å². The average Bonchev–Trinajstić information content (AvgIpc) is 2.66. The van der Waals surface area contributed by atoms with E-state index in [1.807, 2.05) is 9.80 Å². The summed E-state index contributed by atoms with van der Waals surface area (Å²) < 4.78 is 23.9. The Balaban J connectivity index is 1.75. The molecule has 0 spiro atoms. The third kappa shape index (κ3) is 4.29. The lowest BCUT2D eigenvalue weighted by molar-refractivity contribution is -0.387. The minimum atomic E-state index is -3.71. The first-order chi connectivity index (χ1) is 13.2. The fourth-order valence-electron chi connectivity index (χ4n) is 4.26. The zero-order valence-corrected chi connectivity index (χ0v) is 17.2. The van der Waals surface area contributed by atoms with Crippen molar-refractivity contribution in [2.24, 2.45) is 11.8 Å². The quantitative estimate of drug-likeness (QED) is 0.559. The molecule has 2 heterocycles. The van der Waals surface area contributed by atoms with Crippen molar-refractivity contribution in [3.05, 3.63) is 28.3 Å². The van der Waals surface area contributed by atoms with Crippen LogP contribution in [-0.2, 0) is 14.6 Å². The molecule has 0 N–H and O–H groups in total. The number of piperidine rings is 2. The first-order valence-corrected chi connectivity index (χ1v) is 11.6. The highest BCUT2D eigenvalue weighted by Gasteiger charge is 2.34. The summed E-state index contributed by atoms with van der Waals surface area (Å²) in [6.07, 6.45) is 4.40. The fourth-order valence-corrected chi connectivity index (χ4v) is 5.12. The van der Waals surface area contributed by atoms with Gasteiger partial charge in [0, 0.05) is 38.4 Å². The van der Waals surface area contributed by atoms with Crippen molar-refractivity contribution in [3.8, 4) is 0 Å². The summed E-state index contributed by atoms with van der Waals surface area (Å²) in [4.78, 5) is 27.3. The second kappa shape index (κ2) is 8.06. The van der Waals surface area contributed by atoms with Crippen LogP contribution < -0.4 is 4.90 Å². The van der Waals surface area contributed by atoms with E-state index in [0.717, 1.165) is 32.2 Å². The Hall–Kier alpha value is -2.16. The Bertz CT molecular complexity index is 862. The van der Waals surface area contributed by atoms with Gasteiger partial charge in [-0.3, -0.25) is 14.9 Å². The van der Waals surface area contributed by atoms with Crippen LogP contribution in [0.1, 0.15) is 32.6 Å². The lowest BCUT2D eigenvalue weighted by atomic mass is 9.92. The molecule has 2 fully saturated rings. The number of hydrogen-bond donors (Lipinski definition) is 0. The maximum Gasteiger partial charge on any atom is 0.311 e. The van der Waals surface area contributed by atoms with Crippen LogP contribution in [0, 0.1) is 22.0 Å². The van der Waals surface area contributed by atoms with Gasteiger partial charge in [-0.25, -0.2) is 8.42 Å². The van der Waals surface area contributed by atoms with Crippen molar-refractivity contribution >= 4 is 27.1 Å². The average molecular weight is 410 g/mol. The zero-order valence-electron chi connectivity index (χ0n) is 16.3. The number of para-hydroxylation sites is 1. The van der Waals surface area contributed by atoms with Crippen molar-refractivity contribution < 1.29 is 18.1 Å². The summed E-state index contributed by atoms with van der Waals surface area (Å²) in [7, 11) is -3.71. The lowest BCUT2D eigenvalue weighted by Crippen LogP contribution is -2.46. The van der Waals surface area contributed by atoms with Crippen LogP contribution in [0.2, 0.25) is 0 Å². The Morgan fingerprint density at radius 3 is 2.43 bits per heavy atom. The largest absolute Gasteiger partial charge is 0.366 e. The first kappa shape index (κ1) is 20.6. The molecule has 1 amide bonds. The molecule has 0 bridgehead atoms. The van der Waals surface area contributed by atoms with Crippen LogP contribution in [-0.4, -0.2) is 56.6 Å². The number of carbonyl (C=O) groups is 1. The smallest absolute Gasteiger partial charge is 0.311 e. The van der Waals surface area contributed by atoms with Crippen molar-refractivity contribution in [3.63, 3.8) is 0 Å². The molecular weight excluding hydrogens is 382 g/mol. The predicted molar refractivity (Wildman–Crippen MR) is 106 cm³/mol. The minimum Gasteiger partial charge on any atom is -0.366 e. The number of rotatable bonds is 4. The van der Waals surface area contributed by atoms with Gasteiger partial charge in [0.05, 0.1) is 4.92 Å². The van der Waals surface area contributed by atoms with E-state index < -0.39 is 14.8 Å². The highest BCUT2D eigenvalue weighted by Crippen LogP contribution is 2.36. The molecule has 9 heteroatoms. The van der Waals surface area contributed by atoms with E-state index in [9.17, 15) is 23.3 Å².